The first-order valence-corrected chi connectivity index (χ1v) is 23.2. The van der Waals surface area contributed by atoms with E-state index in [0.717, 1.165) is 0 Å². The van der Waals surface area contributed by atoms with Crippen LogP contribution in [-0.2, 0) is 30.4 Å². The smallest absolute Gasteiger partial charge is 0.347 e. The van der Waals surface area contributed by atoms with Crippen molar-refractivity contribution in [3.05, 3.63) is 223 Å². The Hall–Kier alpha value is -8.72. The van der Waals surface area contributed by atoms with Crippen molar-refractivity contribution in [3.63, 3.8) is 0 Å². The first kappa shape index (κ1) is 44.9. The number of carbonyl (C=O) groups excluding carboxylic acids is 2. The molecule has 3 nitrogen and oxygen atoms in total. The van der Waals surface area contributed by atoms with Gasteiger partial charge in [0.05, 0.1) is 11.1 Å². The van der Waals surface area contributed by atoms with Gasteiger partial charge in [0.2, 0.25) is 0 Å². The Morgan fingerprint density at radius 1 is 0.240 bits per heavy atom. The molecule has 0 aromatic heterocycles. The fraction of sp³-hybridized carbons (Fsp3) is 0.0667. The highest BCUT2D eigenvalue weighted by atomic mass is 19.2. The highest BCUT2D eigenvalue weighted by Gasteiger charge is 2.49. The molecule has 0 bridgehead atoms. The van der Waals surface area contributed by atoms with Gasteiger partial charge in [0.25, 0.3) is 0 Å². The molecule has 5 aliphatic rings. The number of fused-ring (bicyclic) bond motifs is 13. The molecular weight excluding hydrogens is 997 g/mol. The number of hydrogen-bond acceptors (Lipinski definition) is 3. The fourth-order valence-electron chi connectivity index (χ4n) is 12.5. The largest absolute Gasteiger partial charge is 0.386 e. The van der Waals surface area contributed by atoms with E-state index in [-0.39, 0.29) is 44.5 Å². The SMILES string of the molecule is O=C1OC(=O)c2c1c(-c1c(F)c(F)c(F)c3c1Cc1ccccc1-3)c(-c1c(F)c(F)c(F)c3c1Cc1ccccc1-3)c(-c1c(F)c(F)c(F)c3c1Cc1ccccc1-3)c2-c1c(F)c(F)c(F)c2c1Cc1ccccc1-2. The number of hydrogen-bond donors (Lipinski definition) is 0. The van der Waals surface area contributed by atoms with Crippen LogP contribution in [0.5, 0.6) is 0 Å². The summed E-state index contributed by atoms with van der Waals surface area (Å²) in [5.41, 5.74) is -15.3. The zero-order valence-electron chi connectivity index (χ0n) is 37.8. The molecule has 4 aliphatic carbocycles. The first-order valence-electron chi connectivity index (χ1n) is 23.2. The summed E-state index contributed by atoms with van der Waals surface area (Å²) < 4.78 is 211. The molecule has 0 atom stereocenters. The topological polar surface area (TPSA) is 43.4 Å². The van der Waals surface area contributed by atoms with Crippen LogP contribution in [0.15, 0.2) is 97.1 Å². The third-order valence-corrected chi connectivity index (χ3v) is 15.4. The quantitative estimate of drug-likeness (QED) is 0.0764. The Labute approximate surface area is 414 Å². The van der Waals surface area contributed by atoms with Crippen LogP contribution in [-0.4, -0.2) is 11.9 Å². The number of benzene rings is 9. The summed E-state index contributed by atoms with van der Waals surface area (Å²) >= 11 is 0. The minimum atomic E-state index is -2.24. The maximum absolute atomic E-state index is 18.1. The van der Waals surface area contributed by atoms with Gasteiger partial charge in [0.1, 0.15) is 0 Å². The molecule has 15 heteroatoms. The van der Waals surface area contributed by atoms with Crippen LogP contribution in [0.2, 0.25) is 0 Å². The van der Waals surface area contributed by atoms with Crippen LogP contribution >= 0.6 is 0 Å². The van der Waals surface area contributed by atoms with Gasteiger partial charge in [-0.1, -0.05) is 97.1 Å². The van der Waals surface area contributed by atoms with Gasteiger partial charge < -0.3 is 4.74 Å². The van der Waals surface area contributed by atoms with E-state index in [1.165, 1.54) is 97.1 Å². The van der Waals surface area contributed by atoms with E-state index >= 15 is 52.7 Å². The number of esters is 2. The van der Waals surface area contributed by atoms with Crippen LogP contribution in [0.25, 0.3) is 89.0 Å². The fourth-order valence-corrected chi connectivity index (χ4v) is 12.5. The van der Waals surface area contributed by atoms with Gasteiger partial charge in [-0.3, -0.25) is 0 Å². The molecule has 366 valence electrons. The average molecular weight is 1020 g/mol. The molecule has 0 N–H and O–H groups in total. The minimum absolute atomic E-state index is 0.00425. The van der Waals surface area contributed by atoms with Crippen molar-refractivity contribution in [2.45, 2.75) is 25.7 Å². The van der Waals surface area contributed by atoms with Crippen LogP contribution in [0.1, 0.15) is 65.2 Å². The summed E-state index contributed by atoms with van der Waals surface area (Å²) in [6.07, 6.45) is -2.08. The molecule has 9 aromatic carbocycles. The molecule has 9 aromatic rings. The first-order chi connectivity index (χ1) is 36.1. The van der Waals surface area contributed by atoms with Crippen molar-refractivity contribution >= 4 is 11.9 Å². The van der Waals surface area contributed by atoms with E-state index in [1.54, 1.807) is 0 Å². The van der Waals surface area contributed by atoms with Crippen LogP contribution in [0.3, 0.4) is 0 Å². The lowest BCUT2D eigenvalue weighted by atomic mass is 9.73. The number of cyclic esters (lactones) is 2. The normalized spacial score (nSPS) is 13.8. The van der Waals surface area contributed by atoms with E-state index in [4.69, 9.17) is 4.74 Å². The zero-order valence-corrected chi connectivity index (χ0v) is 37.8. The molecule has 1 aliphatic heterocycles. The maximum atomic E-state index is 18.1. The highest BCUT2D eigenvalue weighted by Crippen LogP contribution is 2.61. The lowest BCUT2D eigenvalue weighted by Crippen LogP contribution is -2.14. The van der Waals surface area contributed by atoms with Crippen LogP contribution in [0, 0.1) is 69.8 Å². The molecule has 75 heavy (non-hydrogen) atoms. The van der Waals surface area contributed by atoms with Gasteiger partial charge in [-0.2, -0.15) is 0 Å². The van der Waals surface area contributed by atoms with Crippen molar-refractivity contribution in [1.29, 1.82) is 0 Å². The Morgan fingerprint density at radius 3 is 0.680 bits per heavy atom. The van der Waals surface area contributed by atoms with Crippen LogP contribution < -0.4 is 0 Å². The number of halogens is 12. The molecule has 0 saturated carbocycles. The predicted octanol–water partition coefficient (Wildman–Crippen LogP) is 15.6. The summed E-state index contributed by atoms with van der Waals surface area (Å²) in [4.78, 5) is 29.7. The molecule has 14 rings (SSSR count). The summed E-state index contributed by atoms with van der Waals surface area (Å²) in [6, 6.07) is 23.0. The maximum Gasteiger partial charge on any atom is 0.347 e. The van der Waals surface area contributed by atoms with Gasteiger partial charge in [-0.05, 0) is 92.4 Å². The van der Waals surface area contributed by atoms with Crippen molar-refractivity contribution in [2.24, 2.45) is 0 Å². The van der Waals surface area contributed by atoms with Gasteiger partial charge >= 0.3 is 11.9 Å². The van der Waals surface area contributed by atoms with Crippen molar-refractivity contribution in [2.75, 3.05) is 0 Å². The monoisotopic (exact) mass is 1020 g/mol. The Balaban J connectivity index is 1.30. The zero-order chi connectivity index (χ0) is 51.9. The standard InChI is InChI=1S/C60H24F12O3/c61-47-33-25-13-5-1-9-21(25)17-29(33)37(51(65)55(47)69)41-42(38-30-18-22-10-2-6-14-26(22)34(30)48(62)56(70)52(38)66)44(40-32-20-24-12-4-8-16-28(24)36(32)50(64)58(72)54(40)68)46-45(59(73)75-60(46)74)43(41)39-31-19-23-11-3-7-15-27(23)35(31)49(63)57(71)53(39)67/h1-16H,17-20H2. The minimum Gasteiger partial charge on any atom is -0.386 e. The second kappa shape index (κ2) is 15.4. The number of carbonyl (C=O) groups is 2. The highest BCUT2D eigenvalue weighted by molar-refractivity contribution is 6.27. The van der Waals surface area contributed by atoms with E-state index in [9.17, 15) is 9.59 Å². The Morgan fingerprint density at radius 2 is 0.440 bits per heavy atom. The third-order valence-electron chi connectivity index (χ3n) is 15.4. The van der Waals surface area contributed by atoms with Crippen molar-refractivity contribution in [1.82, 2.24) is 0 Å². The van der Waals surface area contributed by atoms with E-state index in [1.807, 2.05) is 0 Å². The van der Waals surface area contributed by atoms with Gasteiger partial charge in [0.15, 0.2) is 69.8 Å². The Kier molecular flexibility index (Phi) is 9.24. The lowest BCUT2D eigenvalue weighted by Gasteiger charge is -2.28. The summed E-state index contributed by atoms with van der Waals surface area (Å²) in [5, 5.41) is 0. The van der Waals surface area contributed by atoms with Crippen molar-refractivity contribution in [3.8, 4) is 89.0 Å². The van der Waals surface area contributed by atoms with Gasteiger partial charge in [-0.15, -0.1) is 0 Å². The van der Waals surface area contributed by atoms with Crippen LogP contribution in [0.4, 0.5) is 52.7 Å². The second-order valence-corrected chi connectivity index (χ2v) is 18.9. The molecule has 0 unspecified atom stereocenters. The van der Waals surface area contributed by atoms with E-state index in [2.05, 4.69) is 0 Å². The second-order valence-electron chi connectivity index (χ2n) is 18.9. The van der Waals surface area contributed by atoms with E-state index in [0.29, 0.717) is 0 Å². The van der Waals surface area contributed by atoms with Crippen molar-refractivity contribution < 1.29 is 67.0 Å². The third kappa shape index (κ3) is 5.64. The molecule has 0 fully saturated rings. The number of rotatable bonds is 4. The van der Waals surface area contributed by atoms with Gasteiger partial charge in [0, 0.05) is 66.8 Å². The molecule has 0 radical (unpaired) electrons. The predicted molar refractivity (Wildman–Crippen MR) is 250 cm³/mol. The summed E-state index contributed by atoms with van der Waals surface area (Å²) in [5.74, 6) is -28.0. The molecule has 0 saturated heterocycles. The number of ether oxygens (including phenoxy) is 1. The lowest BCUT2D eigenvalue weighted by molar-refractivity contribution is 0.0444. The van der Waals surface area contributed by atoms with Gasteiger partial charge in [-0.25, -0.2) is 62.3 Å². The molecular formula is C60H24F12O3. The summed E-state index contributed by atoms with van der Waals surface area (Å²) in [7, 11) is 0. The molecule has 1 heterocycles. The summed E-state index contributed by atoms with van der Waals surface area (Å²) in [6.45, 7) is 0. The Bertz CT molecular complexity index is 4020. The molecule has 0 spiro atoms. The average Bonchev–Trinajstić information content (AvgIpc) is 4.31. The molecule has 0 amide bonds. The van der Waals surface area contributed by atoms with E-state index < -0.39 is 208 Å².